The molecule has 0 fully saturated rings. The number of nitrogens with one attached hydrogen (secondary N) is 1. The summed E-state index contributed by atoms with van der Waals surface area (Å²) in [6.07, 6.45) is 1.89. The molecule has 0 saturated carbocycles. The van der Waals surface area contributed by atoms with E-state index in [9.17, 15) is 0 Å². The van der Waals surface area contributed by atoms with Crippen LogP contribution in [0.3, 0.4) is 0 Å². The molecule has 108 valence electrons. The summed E-state index contributed by atoms with van der Waals surface area (Å²) in [5.41, 5.74) is 2.94. The number of aromatic nitrogens is 1. The maximum absolute atomic E-state index is 6.04. The maximum Gasteiger partial charge on any atom is 0.134 e. The third-order valence-corrected chi connectivity index (χ3v) is 3.69. The van der Waals surface area contributed by atoms with Crippen LogP contribution in [0.1, 0.15) is 30.0 Å². The van der Waals surface area contributed by atoms with E-state index in [0.29, 0.717) is 5.02 Å². The lowest BCUT2D eigenvalue weighted by Gasteiger charge is -2.15. The number of halogens is 1. The number of hydrogen-bond donors (Lipinski definition) is 1. The van der Waals surface area contributed by atoms with E-state index >= 15 is 0 Å². The fourth-order valence-corrected chi connectivity index (χ4v) is 2.59. The molecule has 0 radical (unpaired) electrons. The monoisotopic (exact) mass is 300 g/mol. The number of pyridine rings is 1. The lowest BCUT2D eigenvalue weighted by Crippen LogP contribution is -2.21. The molecule has 4 heteroatoms. The van der Waals surface area contributed by atoms with Gasteiger partial charge >= 0.3 is 0 Å². The molecular formula is C17H17ClN2O. The zero-order valence-electron chi connectivity index (χ0n) is 12.1. The van der Waals surface area contributed by atoms with Crippen LogP contribution >= 0.6 is 11.6 Å². The Balaban J connectivity index is 2.04. The zero-order valence-corrected chi connectivity index (χ0v) is 12.8. The van der Waals surface area contributed by atoms with Gasteiger partial charge in [-0.05, 0) is 49.4 Å². The number of aryl methyl sites for hydroxylation is 1. The standard InChI is InChI=1S/C17H17ClN2O/c1-3-19-17(12-5-4-11(2)20-10-12)16-9-13-8-14(18)6-7-15(13)21-16/h4-10,17,19H,3H2,1-2H3. The van der Waals surface area contributed by atoms with Crippen molar-refractivity contribution in [2.45, 2.75) is 19.9 Å². The molecule has 0 spiro atoms. The van der Waals surface area contributed by atoms with Crippen molar-refractivity contribution in [3.8, 4) is 0 Å². The van der Waals surface area contributed by atoms with E-state index in [-0.39, 0.29) is 6.04 Å². The normalized spacial score (nSPS) is 12.7. The van der Waals surface area contributed by atoms with Gasteiger partial charge in [-0.1, -0.05) is 24.6 Å². The Labute approximate surface area is 128 Å². The zero-order chi connectivity index (χ0) is 14.8. The molecule has 3 rings (SSSR count). The van der Waals surface area contributed by atoms with Gasteiger partial charge in [0.15, 0.2) is 0 Å². The predicted molar refractivity (Wildman–Crippen MR) is 85.7 cm³/mol. The van der Waals surface area contributed by atoms with E-state index in [4.69, 9.17) is 16.0 Å². The van der Waals surface area contributed by atoms with Gasteiger partial charge in [-0.3, -0.25) is 4.98 Å². The Hall–Kier alpha value is -1.84. The average Bonchev–Trinajstić information content (AvgIpc) is 2.88. The quantitative estimate of drug-likeness (QED) is 0.771. The Morgan fingerprint density at radius 1 is 1.24 bits per heavy atom. The number of rotatable bonds is 4. The molecule has 1 unspecified atom stereocenters. The molecular weight excluding hydrogens is 284 g/mol. The number of furan rings is 1. The largest absolute Gasteiger partial charge is 0.459 e. The summed E-state index contributed by atoms with van der Waals surface area (Å²) in [6.45, 7) is 4.90. The van der Waals surface area contributed by atoms with Crippen molar-refractivity contribution in [3.63, 3.8) is 0 Å². The minimum atomic E-state index is -0.00530. The van der Waals surface area contributed by atoms with Crippen molar-refractivity contribution in [1.82, 2.24) is 10.3 Å². The summed E-state index contributed by atoms with van der Waals surface area (Å²) in [7, 11) is 0. The smallest absolute Gasteiger partial charge is 0.134 e. The third kappa shape index (κ3) is 2.94. The summed E-state index contributed by atoms with van der Waals surface area (Å²) in [5, 5.41) is 5.17. The Kier molecular flexibility index (Phi) is 3.95. The second-order valence-electron chi connectivity index (χ2n) is 5.05. The van der Waals surface area contributed by atoms with Crippen LogP contribution < -0.4 is 5.32 Å². The first-order valence-electron chi connectivity index (χ1n) is 7.02. The maximum atomic E-state index is 6.04. The molecule has 3 aromatic rings. The van der Waals surface area contributed by atoms with Crippen LogP contribution in [0.4, 0.5) is 0 Å². The van der Waals surface area contributed by atoms with Crippen LogP contribution in [-0.2, 0) is 0 Å². The molecule has 0 bridgehead atoms. The Morgan fingerprint density at radius 3 is 2.81 bits per heavy atom. The van der Waals surface area contributed by atoms with Gasteiger partial charge in [0.05, 0.1) is 6.04 Å². The van der Waals surface area contributed by atoms with Crippen LogP contribution in [0.5, 0.6) is 0 Å². The highest BCUT2D eigenvalue weighted by atomic mass is 35.5. The summed E-state index contributed by atoms with van der Waals surface area (Å²) >= 11 is 6.04. The van der Waals surface area contributed by atoms with Gasteiger partial charge in [0.25, 0.3) is 0 Å². The first-order valence-corrected chi connectivity index (χ1v) is 7.40. The highest BCUT2D eigenvalue weighted by Crippen LogP contribution is 2.29. The van der Waals surface area contributed by atoms with Gasteiger partial charge in [-0.25, -0.2) is 0 Å². The van der Waals surface area contributed by atoms with Crippen LogP contribution in [0.25, 0.3) is 11.0 Å². The predicted octanol–water partition coefficient (Wildman–Crippen LogP) is 4.49. The average molecular weight is 301 g/mol. The lowest BCUT2D eigenvalue weighted by molar-refractivity contribution is 0.476. The van der Waals surface area contributed by atoms with Crippen molar-refractivity contribution in [3.05, 3.63) is 64.6 Å². The van der Waals surface area contributed by atoms with Gasteiger partial charge in [0.1, 0.15) is 11.3 Å². The topological polar surface area (TPSA) is 38.1 Å². The van der Waals surface area contributed by atoms with Crippen LogP contribution in [-0.4, -0.2) is 11.5 Å². The molecule has 2 heterocycles. The number of fused-ring (bicyclic) bond motifs is 1. The van der Waals surface area contributed by atoms with Crippen molar-refractivity contribution >= 4 is 22.6 Å². The van der Waals surface area contributed by atoms with E-state index in [2.05, 4.69) is 23.3 Å². The van der Waals surface area contributed by atoms with Gasteiger partial charge in [-0.2, -0.15) is 0 Å². The number of hydrogen-bond acceptors (Lipinski definition) is 3. The van der Waals surface area contributed by atoms with Gasteiger partial charge < -0.3 is 9.73 Å². The molecule has 0 saturated heterocycles. The van der Waals surface area contributed by atoms with Gasteiger partial charge in [0.2, 0.25) is 0 Å². The number of benzene rings is 1. The van der Waals surface area contributed by atoms with Crippen LogP contribution in [0, 0.1) is 6.92 Å². The SMILES string of the molecule is CCNC(c1ccc(C)nc1)c1cc2cc(Cl)ccc2o1. The third-order valence-electron chi connectivity index (χ3n) is 3.46. The minimum Gasteiger partial charge on any atom is -0.459 e. The van der Waals surface area contributed by atoms with Crippen LogP contribution in [0.2, 0.25) is 5.02 Å². The Bertz CT molecular complexity index is 749. The van der Waals surface area contributed by atoms with E-state index in [1.54, 1.807) is 0 Å². The van der Waals surface area contributed by atoms with Crippen molar-refractivity contribution in [2.24, 2.45) is 0 Å². The second-order valence-corrected chi connectivity index (χ2v) is 5.49. The van der Waals surface area contributed by atoms with E-state index in [1.807, 2.05) is 43.5 Å². The molecule has 2 aromatic heterocycles. The minimum absolute atomic E-state index is 0.00530. The fraction of sp³-hybridized carbons (Fsp3) is 0.235. The lowest BCUT2D eigenvalue weighted by atomic mass is 10.1. The molecule has 1 atom stereocenters. The Morgan fingerprint density at radius 2 is 2.10 bits per heavy atom. The summed E-state index contributed by atoms with van der Waals surface area (Å²) < 4.78 is 5.97. The first-order chi connectivity index (χ1) is 10.2. The molecule has 0 aliphatic carbocycles. The molecule has 0 aliphatic rings. The molecule has 1 aromatic carbocycles. The molecule has 0 amide bonds. The molecule has 21 heavy (non-hydrogen) atoms. The van der Waals surface area contributed by atoms with E-state index < -0.39 is 0 Å². The van der Waals surface area contributed by atoms with Gasteiger partial charge in [-0.15, -0.1) is 0 Å². The van der Waals surface area contributed by atoms with Crippen LogP contribution in [0.15, 0.2) is 47.0 Å². The first kappa shape index (κ1) is 14.1. The van der Waals surface area contributed by atoms with Crippen molar-refractivity contribution in [2.75, 3.05) is 6.54 Å². The summed E-state index contributed by atoms with van der Waals surface area (Å²) in [4.78, 5) is 4.37. The number of nitrogens with zero attached hydrogens (tertiary/aromatic N) is 1. The second kappa shape index (κ2) is 5.88. The highest BCUT2D eigenvalue weighted by molar-refractivity contribution is 6.31. The molecule has 3 nitrogen and oxygen atoms in total. The molecule has 1 N–H and O–H groups in total. The van der Waals surface area contributed by atoms with Gasteiger partial charge in [0, 0.05) is 22.3 Å². The summed E-state index contributed by atoms with van der Waals surface area (Å²) in [5.74, 6) is 0.875. The van der Waals surface area contributed by atoms with Crippen molar-refractivity contribution in [1.29, 1.82) is 0 Å². The molecule has 0 aliphatic heterocycles. The van der Waals surface area contributed by atoms with Crippen molar-refractivity contribution < 1.29 is 4.42 Å². The summed E-state index contributed by atoms with van der Waals surface area (Å²) in [6, 6.07) is 11.8. The fourth-order valence-electron chi connectivity index (χ4n) is 2.41. The highest BCUT2D eigenvalue weighted by Gasteiger charge is 2.18. The van der Waals surface area contributed by atoms with E-state index in [1.165, 1.54) is 0 Å². The van der Waals surface area contributed by atoms with E-state index in [0.717, 1.165) is 34.5 Å².